The molecule has 0 aliphatic heterocycles. The molecule has 3 nitrogen and oxygen atoms in total. The van der Waals surface area contributed by atoms with Crippen molar-refractivity contribution in [2.75, 3.05) is 13.7 Å². The minimum absolute atomic E-state index is 0.0976. The number of ketones is 1. The summed E-state index contributed by atoms with van der Waals surface area (Å²) in [4.78, 5) is 12.1. The molecule has 0 spiro atoms. The molecule has 0 aromatic carbocycles. The van der Waals surface area contributed by atoms with Crippen molar-refractivity contribution in [2.45, 2.75) is 58.2 Å². The first-order valence-electron chi connectivity index (χ1n) is 6.20. The van der Waals surface area contributed by atoms with Crippen molar-refractivity contribution in [2.24, 2.45) is 5.92 Å². The van der Waals surface area contributed by atoms with Crippen LogP contribution in [0.1, 0.15) is 46.5 Å². The Morgan fingerprint density at radius 3 is 2.38 bits per heavy atom. The molecule has 0 unspecified atom stereocenters. The highest BCUT2D eigenvalue weighted by molar-refractivity contribution is 5.88. The third kappa shape index (κ3) is 3.29. The number of ether oxygens (including phenoxy) is 2. The Bertz CT molecular complexity index is 227. The van der Waals surface area contributed by atoms with Crippen LogP contribution >= 0.6 is 0 Å². The van der Waals surface area contributed by atoms with E-state index in [-0.39, 0.29) is 18.5 Å². The van der Waals surface area contributed by atoms with E-state index in [1.54, 1.807) is 7.11 Å². The highest BCUT2D eigenvalue weighted by atomic mass is 16.5. The summed E-state index contributed by atoms with van der Waals surface area (Å²) in [6.45, 7) is 6.29. The Morgan fingerprint density at radius 2 is 1.94 bits per heavy atom. The third-order valence-electron chi connectivity index (χ3n) is 3.53. The second-order valence-corrected chi connectivity index (χ2v) is 5.16. The zero-order valence-corrected chi connectivity index (χ0v) is 10.9. The predicted octanol–water partition coefficient (Wildman–Crippen LogP) is 2.58. The largest absolute Gasteiger partial charge is 0.371 e. The fourth-order valence-electron chi connectivity index (χ4n) is 2.20. The highest BCUT2D eigenvalue weighted by Crippen LogP contribution is 2.35. The lowest BCUT2D eigenvalue weighted by molar-refractivity contribution is -0.152. The van der Waals surface area contributed by atoms with E-state index < -0.39 is 5.60 Å². The molecule has 0 atom stereocenters. The van der Waals surface area contributed by atoms with E-state index in [2.05, 4.69) is 6.92 Å². The molecule has 0 aromatic rings. The number of carbonyl (C=O) groups is 1. The molecule has 0 aromatic heterocycles. The van der Waals surface area contributed by atoms with Crippen LogP contribution in [0.4, 0.5) is 0 Å². The van der Waals surface area contributed by atoms with Gasteiger partial charge in [-0.1, -0.05) is 6.92 Å². The number of Topliss-reactive ketones (excluding diaryl/α,β-unsaturated/α-hetero) is 1. The lowest BCUT2D eigenvalue weighted by Gasteiger charge is -2.36. The van der Waals surface area contributed by atoms with E-state index >= 15 is 0 Å². The Labute approximate surface area is 98.5 Å². The fourth-order valence-corrected chi connectivity index (χ4v) is 2.20. The molecule has 0 amide bonds. The van der Waals surface area contributed by atoms with Crippen molar-refractivity contribution in [1.82, 2.24) is 0 Å². The van der Waals surface area contributed by atoms with Gasteiger partial charge in [-0.3, -0.25) is 4.79 Å². The minimum Gasteiger partial charge on any atom is -0.371 e. The van der Waals surface area contributed by atoms with Gasteiger partial charge in [0.2, 0.25) is 0 Å². The number of methoxy groups -OCH3 is 1. The van der Waals surface area contributed by atoms with Gasteiger partial charge in [-0.25, -0.2) is 0 Å². The van der Waals surface area contributed by atoms with Gasteiger partial charge in [-0.05, 0) is 45.4 Å². The SMILES string of the molecule is COC1(C(=O)COC(C)C)CCC(C)CC1. The first-order chi connectivity index (χ1) is 7.50. The summed E-state index contributed by atoms with van der Waals surface area (Å²) in [5.41, 5.74) is -0.568. The van der Waals surface area contributed by atoms with Crippen LogP contribution in [-0.4, -0.2) is 31.2 Å². The Balaban J connectivity index is 2.55. The van der Waals surface area contributed by atoms with Crippen molar-refractivity contribution >= 4 is 5.78 Å². The third-order valence-corrected chi connectivity index (χ3v) is 3.53. The molecular weight excluding hydrogens is 204 g/mol. The van der Waals surface area contributed by atoms with E-state index in [1.165, 1.54) is 0 Å². The van der Waals surface area contributed by atoms with Crippen LogP contribution in [0, 0.1) is 5.92 Å². The van der Waals surface area contributed by atoms with E-state index in [0.29, 0.717) is 5.92 Å². The van der Waals surface area contributed by atoms with Crippen LogP contribution < -0.4 is 0 Å². The van der Waals surface area contributed by atoms with Gasteiger partial charge in [0.15, 0.2) is 5.78 Å². The van der Waals surface area contributed by atoms with Crippen LogP contribution in [0.3, 0.4) is 0 Å². The molecule has 1 aliphatic carbocycles. The number of rotatable bonds is 5. The van der Waals surface area contributed by atoms with Crippen molar-refractivity contribution in [3.05, 3.63) is 0 Å². The molecular formula is C13H24O3. The van der Waals surface area contributed by atoms with Crippen LogP contribution in [-0.2, 0) is 14.3 Å². The van der Waals surface area contributed by atoms with Crippen LogP contribution in [0.5, 0.6) is 0 Å². The lowest BCUT2D eigenvalue weighted by Crippen LogP contribution is -2.46. The molecule has 0 bridgehead atoms. The molecule has 0 heterocycles. The molecule has 0 radical (unpaired) electrons. The molecule has 1 aliphatic rings. The normalized spacial score (nSPS) is 30.7. The maximum Gasteiger partial charge on any atom is 0.190 e. The Morgan fingerprint density at radius 1 is 1.38 bits per heavy atom. The summed E-state index contributed by atoms with van der Waals surface area (Å²) in [6, 6.07) is 0. The summed E-state index contributed by atoms with van der Waals surface area (Å²) in [5, 5.41) is 0. The highest BCUT2D eigenvalue weighted by Gasteiger charge is 2.40. The van der Waals surface area contributed by atoms with Crippen LogP contribution in [0.2, 0.25) is 0 Å². The number of hydrogen-bond acceptors (Lipinski definition) is 3. The van der Waals surface area contributed by atoms with E-state index in [1.807, 2.05) is 13.8 Å². The standard InChI is InChI=1S/C13H24O3/c1-10(2)16-9-12(14)13(15-4)7-5-11(3)6-8-13/h10-11H,5-9H2,1-4H3. The average Bonchev–Trinajstić information content (AvgIpc) is 2.27. The van der Waals surface area contributed by atoms with Crippen molar-refractivity contribution < 1.29 is 14.3 Å². The fraction of sp³-hybridized carbons (Fsp3) is 0.923. The second kappa shape index (κ2) is 5.78. The Hall–Kier alpha value is -0.410. The van der Waals surface area contributed by atoms with Crippen molar-refractivity contribution in [3.8, 4) is 0 Å². The van der Waals surface area contributed by atoms with Crippen LogP contribution in [0.25, 0.3) is 0 Å². The molecule has 1 saturated carbocycles. The van der Waals surface area contributed by atoms with Crippen molar-refractivity contribution in [3.63, 3.8) is 0 Å². The second-order valence-electron chi connectivity index (χ2n) is 5.16. The van der Waals surface area contributed by atoms with E-state index in [0.717, 1.165) is 25.7 Å². The summed E-state index contributed by atoms with van der Waals surface area (Å²) >= 11 is 0. The summed E-state index contributed by atoms with van der Waals surface area (Å²) < 4.78 is 10.9. The quantitative estimate of drug-likeness (QED) is 0.725. The topological polar surface area (TPSA) is 35.5 Å². The lowest BCUT2D eigenvalue weighted by atomic mass is 9.77. The van der Waals surface area contributed by atoms with Crippen molar-refractivity contribution in [1.29, 1.82) is 0 Å². The Kier molecular flexibility index (Phi) is 4.93. The number of hydrogen-bond donors (Lipinski definition) is 0. The monoisotopic (exact) mass is 228 g/mol. The number of carbonyl (C=O) groups excluding carboxylic acids is 1. The average molecular weight is 228 g/mol. The maximum absolute atomic E-state index is 12.1. The van der Waals surface area contributed by atoms with Gasteiger partial charge in [0.1, 0.15) is 12.2 Å². The zero-order chi connectivity index (χ0) is 12.2. The molecule has 1 rings (SSSR count). The molecule has 94 valence electrons. The first-order valence-corrected chi connectivity index (χ1v) is 6.20. The smallest absolute Gasteiger partial charge is 0.190 e. The van der Waals surface area contributed by atoms with Gasteiger partial charge < -0.3 is 9.47 Å². The molecule has 0 saturated heterocycles. The summed E-state index contributed by atoms with van der Waals surface area (Å²) in [5.74, 6) is 0.817. The van der Waals surface area contributed by atoms with Gasteiger partial charge in [0.05, 0.1) is 6.10 Å². The molecule has 16 heavy (non-hydrogen) atoms. The molecule has 3 heteroatoms. The van der Waals surface area contributed by atoms with Gasteiger partial charge in [0, 0.05) is 7.11 Å². The van der Waals surface area contributed by atoms with Gasteiger partial charge in [-0.2, -0.15) is 0 Å². The van der Waals surface area contributed by atoms with Gasteiger partial charge in [-0.15, -0.1) is 0 Å². The van der Waals surface area contributed by atoms with E-state index in [4.69, 9.17) is 9.47 Å². The minimum atomic E-state index is -0.568. The predicted molar refractivity (Wildman–Crippen MR) is 63.5 cm³/mol. The zero-order valence-electron chi connectivity index (χ0n) is 10.9. The summed E-state index contributed by atoms with van der Waals surface area (Å²) in [7, 11) is 1.64. The first kappa shape index (κ1) is 13.7. The van der Waals surface area contributed by atoms with E-state index in [9.17, 15) is 4.79 Å². The van der Waals surface area contributed by atoms with Gasteiger partial charge in [0.25, 0.3) is 0 Å². The van der Waals surface area contributed by atoms with Gasteiger partial charge >= 0.3 is 0 Å². The molecule has 1 fully saturated rings. The maximum atomic E-state index is 12.1. The van der Waals surface area contributed by atoms with Crippen LogP contribution in [0.15, 0.2) is 0 Å². The summed E-state index contributed by atoms with van der Waals surface area (Å²) in [6.07, 6.45) is 3.92. The molecule has 0 N–H and O–H groups in total.